The molecule has 37 heavy (non-hydrogen) atoms. The predicted molar refractivity (Wildman–Crippen MR) is 130 cm³/mol. The van der Waals surface area contributed by atoms with Crippen molar-refractivity contribution in [2.24, 2.45) is 0 Å². The molecule has 2 aromatic rings. The Bertz CT molecular complexity index is 1260. The summed E-state index contributed by atoms with van der Waals surface area (Å²) in [6, 6.07) is 8.83. The van der Waals surface area contributed by atoms with Crippen molar-refractivity contribution in [1.29, 1.82) is 0 Å². The van der Waals surface area contributed by atoms with Gasteiger partial charge in [0.1, 0.15) is 29.5 Å². The molecule has 3 heterocycles. The first kappa shape index (κ1) is 24.0. The maximum absolute atomic E-state index is 14.2. The SMILES string of the molecule is O=C1CCC(N2Cc3cc(O[C@@H]4CCCC[C@@H]4N4CC(c5ccc(F)cc5F)C4)ccc3C2=O)C(=O)N1. The molecule has 4 aliphatic rings. The second-order valence-corrected chi connectivity index (χ2v) is 10.5. The molecule has 3 aliphatic heterocycles. The third kappa shape index (κ3) is 4.50. The van der Waals surface area contributed by atoms with Crippen LogP contribution < -0.4 is 10.1 Å². The van der Waals surface area contributed by atoms with Gasteiger partial charge in [0.25, 0.3) is 5.91 Å². The number of nitrogens with zero attached hydrogens (tertiary/aromatic N) is 2. The van der Waals surface area contributed by atoms with Gasteiger partial charge < -0.3 is 9.64 Å². The monoisotopic (exact) mass is 509 g/mol. The predicted octanol–water partition coefficient (Wildman–Crippen LogP) is 3.52. The van der Waals surface area contributed by atoms with E-state index in [2.05, 4.69) is 10.2 Å². The highest BCUT2D eigenvalue weighted by molar-refractivity contribution is 6.05. The molecule has 6 rings (SSSR count). The minimum absolute atomic E-state index is 0.0193. The molecule has 7 nitrogen and oxygen atoms in total. The van der Waals surface area contributed by atoms with Gasteiger partial charge >= 0.3 is 0 Å². The lowest BCUT2D eigenvalue weighted by atomic mass is 9.84. The van der Waals surface area contributed by atoms with Gasteiger partial charge in [-0.1, -0.05) is 12.5 Å². The van der Waals surface area contributed by atoms with Gasteiger partial charge in [0.15, 0.2) is 0 Å². The normalized spacial score (nSPS) is 26.6. The molecule has 9 heteroatoms. The van der Waals surface area contributed by atoms with E-state index in [1.165, 1.54) is 11.0 Å². The Hall–Kier alpha value is -3.33. The average molecular weight is 510 g/mol. The summed E-state index contributed by atoms with van der Waals surface area (Å²) in [6.45, 7) is 1.74. The number of benzene rings is 2. The Morgan fingerprint density at radius 3 is 2.54 bits per heavy atom. The van der Waals surface area contributed by atoms with Crippen molar-refractivity contribution in [3.05, 3.63) is 64.7 Å². The number of fused-ring (bicyclic) bond motifs is 1. The lowest BCUT2D eigenvalue weighted by Gasteiger charge is -2.48. The van der Waals surface area contributed by atoms with Crippen molar-refractivity contribution in [3.63, 3.8) is 0 Å². The van der Waals surface area contributed by atoms with E-state index in [-0.39, 0.29) is 36.3 Å². The molecule has 1 aliphatic carbocycles. The van der Waals surface area contributed by atoms with E-state index in [9.17, 15) is 23.2 Å². The number of halogens is 2. The molecule has 3 amide bonds. The molecular weight excluding hydrogens is 480 g/mol. The van der Waals surface area contributed by atoms with Crippen LogP contribution in [0.25, 0.3) is 0 Å². The van der Waals surface area contributed by atoms with Crippen LogP contribution in [0.2, 0.25) is 0 Å². The lowest BCUT2D eigenvalue weighted by Crippen LogP contribution is -2.57. The summed E-state index contributed by atoms with van der Waals surface area (Å²) >= 11 is 0. The van der Waals surface area contributed by atoms with Gasteiger partial charge in [0.2, 0.25) is 11.8 Å². The highest BCUT2D eigenvalue weighted by atomic mass is 19.1. The highest BCUT2D eigenvalue weighted by Gasteiger charge is 2.41. The maximum atomic E-state index is 14.2. The van der Waals surface area contributed by atoms with Gasteiger partial charge in [-0.2, -0.15) is 0 Å². The fourth-order valence-electron chi connectivity index (χ4n) is 6.24. The second kappa shape index (κ2) is 9.52. The van der Waals surface area contributed by atoms with E-state index in [1.807, 2.05) is 12.1 Å². The van der Waals surface area contributed by atoms with Gasteiger partial charge in [-0.15, -0.1) is 0 Å². The zero-order chi connectivity index (χ0) is 25.7. The smallest absolute Gasteiger partial charge is 0.255 e. The number of hydrogen-bond acceptors (Lipinski definition) is 5. The van der Waals surface area contributed by atoms with Crippen molar-refractivity contribution in [2.75, 3.05) is 13.1 Å². The molecule has 3 fully saturated rings. The van der Waals surface area contributed by atoms with Gasteiger partial charge in [-0.25, -0.2) is 8.78 Å². The van der Waals surface area contributed by atoms with E-state index < -0.39 is 23.6 Å². The zero-order valence-corrected chi connectivity index (χ0v) is 20.4. The number of piperidine rings is 1. The van der Waals surface area contributed by atoms with Crippen LogP contribution in [-0.2, 0) is 16.1 Å². The number of amides is 3. The van der Waals surface area contributed by atoms with E-state index >= 15 is 0 Å². The number of likely N-dealkylation sites (tertiary alicyclic amines) is 1. The summed E-state index contributed by atoms with van der Waals surface area (Å²) in [6.07, 6.45) is 4.61. The van der Waals surface area contributed by atoms with Gasteiger partial charge in [-0.3, -0.25) is 24.6 Å². The van der Waals surface area contributed by atoms with Crippen molar-refractivity contribution in [1.82, 2.24) is 15.1 Å². The standard InChI is InChI=1S/C28H29F2N3O4/c29-18-5-7-20(22(30)12-18)17-13-32(14-17)23-3-1-2-4-25(23)37-19-6-8-21-16(11-19)15-33(28(21)36)24-9-10-26(34)31-27(24)35/h5-8,11-12,17,23-25H,1-4,9-10,13-15H2,(H,31,34,35)/t23-,24?,25+/m0/s1. The largest absolute Gasteiger partial charge is 0.489 e. The van der Waals surface area contributed by atoms with Crippen LogP contribution in [0.4, 0.5) is 8.78 Å². The Labute approximate surface area is 213 Å². The molecule has 1 N–H and O–H groups in total. The fourth-order valence-corrected chi connectivity index (χ4v) is 6.24. The third-order valence-corrected chi connectivity index (χ3v) is 8.23. The molecule has 3 atom stereocenters. The zero-order valence-electron chi connectivity index (χ0n) is 20.4. The van der Waals surface area contributed by atoms with Crippen LogP contribution in [0, 0.1) is 11.6 Å². The summed E-state index contributed by atoms with van der Waals surface area (Å²) in [5.74, 6) is -1.24. The Morgan fingerprint density at radius 1 is 0.946 bits per heavy atom. The van der Waals surface area contributed by atoms with Crippen molar-refractivity contribution in [2.45, 2.75) is 69.2 Å². The topological polar surface area (TPSA) is 79.0 Å². The molecule has 2 aromatic carbocycles. The summed E-state index contributed by atoms with van der Waals surface area (Å²) in [7, 11) is 0. The average Bonchev–Trinajstić information content (AvgIpc) is 3.16. The Kier molecular flexibility index (Phi) is 6.18. The molecule has 194 valence electrons. The van der Waals surface area contributed by atoms with E-state index in [1.54, 1.807) is 12.1 Å². The first-order valence-electron chi connectivity index (χ1n) is 13.0. The molecule has 0 spiro atoms. The number of ether oxygens (including phenoxy) is 1. The van der Waals surface area contributed by atoms with E-state index in [0.29, 0.717) is 42.9 Å². The highest BCUT2D eigenvalue weighted by Crippen LogP contribution is 2.37. The number of carbonyl (C=O) groups is 3. The van der Waals surface area contributed by atoms with Crippen LogP contribution in [0.15, 0.2) is 36.4 Å². The van der Waals surface area contributed by atoms with Gasteiger partial charge in [-0.05, 0) is 61.1 Å². The number of hydrogen-bond donors (Lipinski definition) is 1. The minimum Gasteiger partial charge on any atom is -0.489 e. The number of nitrogens with one attached hydrogen (secondary N) is 1. The summed E-state index contributed by atoms with van der Waals surface area (Å²) in [4.78, 5) is 40.6. The molecule has 1 saturated carbocycles. The van der Waals surface area contributed by atoms with Crippen molar-refractivity contribution >= 4 is 17.7 Å². The molecule has 2 saturated heterocycles. The maximum Gasteiger partial charge on any atom is 0.255 e. The van der Waals surface area contributed by atoms with Crippen molar-refractivity contribution < 1.29 is 27.9 Å². The van der Waals surface area contributed by atoms with E-state index in [0.717, 1.165) is 37.3 Å². The van der Waals surface area contributed by atoms with Gasteiger partial charge in [0, 0.05) is 49.6 Å². The minimum atomic E-state index is -0.644. The third-order valence-electron chi connectivity index (χ3n) is 8.23. The quantitative estimate of drug-likeness (QED) is 0.625. The van der Waals surface area contributed by atoms with Crippen LogP contribution in [0.5, 0.6) is 5.75 Å². The summed E-state index contributed by atoms with van der Waals surface area (Å²) in [5, 5.41) is 2.33. The first-order chi connectivity index (χ1) is 17.9. The van der Waals surface area contributed by atoms with Crippen LogP contribution in [-0.4, -0.2) is 58.8 Å². The summed E-state index contributed by atoms with van der Waals surface area (Å²) in [5.41, 5.74) is 1.94. The molecule has 0 radical (unpaired) electrons. The number of carbonyl (C=O) groups excluding carboxylic acids is 3. The molecule has 0 bridgehead atoms. The fraction of sp³-hybridized carbons (Fsp3) is 0.464. The number of imide groups is 1. The first-order valence-corrected chi connectivity index (χ1v) is 13.0. The Morgan fingerprint density at radius 2 is 1.76 bits per heavy atom. The summed E-state index contributed by atoms with van der Waals surface area (Å²) < 4.78 is 34.0. The van der Waals surface area contributed by atoms with Gasteiger partial charge in [0.05, 0.1) is 0 Å². The lowest BCUT2D eigenvalue weighted by molar-refractivity contribution is -0.136. The van der Waals surface area contributed by atoms with Crippen LogP contribution >= 0.6 is 0 Å². The van der Waals surface area contributed by atoms with Crippen LogP contribution in [0.1, 0.15) is 65.9 Å². The molecule has 1 unspecified atom stereocenters. The molecule has 0 aromatic heterocycles. The Balaban J connectivity index is 1.12. The molecular formula is C28H29F2N3O4. The van der Waals surface area contributed by atoms with Crippen LogP contribution in [0.3, 0.4) is 0 Å². The van der Waals surface area contributed by atoms with E-state index in [4.69, 9.17) is 4.74 Å². The second-order valence-electron chi connectivity index (χ2n) is 10.5. The number of rotatable bonds is 5. The van der Waals surface area contributed by atoms with Crippen molar-refractivity contribution in [3.8, 4) is 5.75 Å².